The van der Waals surface area contributed by atoms with Crippen LogP contribution in [-0.2, 0) is 5.41 Å². The molecule has 13 rings (SSSR count). The fourth-order valence-corrected chi connectivity index (χ4v) is 10.6. The van der Waals surface area contributed by atoms with Gasteiger partial charge in [0.25, 0.3) is 0 Å². The topological polar surface area (TPSA) is 30.7 Å². The highest BCUT2D eigenvalue weighted by Crippen LogP contribution is 2.66. The molecule has 0 unspecified atom stereocenters. The fourth-order valence-electron chi connectivity index (χ4n) is 10.6. The van der Waals surface area contributed by atoms with E-state index in [1.165, 1.54) is 77.1 Å². The summed E-state index contributed by atoms with van der Waals surface area (Å²) in [5.41, 5.74) is 17.6. The molecule has 2 aliphatic carbocycles. The molecule has 58 heavy (non-hydrogen) atoms. The summed E-state index contributed by atoms with van der Waals surface area (Å²) >= 11 is 0. The maximum atomic E-state index is 5.21. The SMILES string of the molecule is c1ccc(-c2nc(-c3ccc(-n4c5ccccc5c5c6ccccc6c6c(c54)C4(c5ccccc5-c5ccccc54)c4ccccc4-6)cc3)nc3ccccc23)cc1. The summed E-state index contributed by atoms with van der Waals surface area (Å²) in [4.78, 5) is 10.3. The summed E-state index contributed by atoms with van der Waals surface area (Å²) in [6, 6.07) is 73.0. The monoisotopic (exact) mass is 735 g/mol. The van der Waals surface area contributed by atoms with Crippen molar-refractivity contribution in [3.05, 3.63) is 222 Å². The first kappa shape index (κ1) is 31.6. The van der Waals surface area contributed by atoms with E-state index >= 15 is 0 Å². The van der Waals surface area contributed by atoms with E-state index in [1.807, 2.05) is 12.1 Å². The van der Waals surface area contributed by atoms with Crippen molar-refractivity contribution in [3.8, 4) is 50.6 Å². The third kappa shape index (κ3) is 4.02. The number of aromatic nitrogens is 3. The Hall–Kier alpha value is -7.62. The van der Waals surface area contributed by atoms with E-state index < -0.39 is 5.41 Å². The van der Waals surface area contributed by atoms with Gasteiger partial charge in [-0.05, 0) is 86.1 Å². The Morgan fingerprint density at radius 1 is 0.397 bits per heavy atom. The third-order valence-electron chi connectivity index (χ3n) is 12.8. The Morgan fingerprint density at radius 2 is 0.948 bits per heavy atom. The Bertz CT molecular complexity index is 3460. The van der Waals surface area contributed by atoms with Crippen LogP contribution in [0.3, 0.4) is 0 Å². The Labute approximate surface area is 335 Å². The average molecular weight is 736 g/mol. The largest absolute Gasteiger partial charge is 0.309 e. The highest BCUT2D eigenvalue weighted by atomic mass is 15.0. The number of hydrogen-bond acceptors (Lipinski definition) is 2. The van der Waals surface area contributed by atoms with Gasteiger partial charge in [-0.15, -0.1) is 0 Å². The van der Waals surface area contributed by atoms with E-state index in [2.05, 4.69) is 193 Å². The molecule has 11 aromatic rings. The van der Waals surface area contributed by atoms with Gasteiger partial charge in [0.2, 0.25) is 0 Å². The van der Waals surface area contributed by atoms with E-state index in [9.17, 15) is 0 Å². The quantitative estimate of drug-likeness (QED) is 0.181. The van der Waals surface area contributed by atoms with Gasteiger partial charge in [-0.2, -0.15) is 0 Å². The van der Waals surface area contributed by atoms with E-state index in [0.717, 1.165) is 33.4 Å². The fraction of sp³-hybridized carbons (Fsp3) is 0.0182. The van der Waals surface area contributed by atoms with Crippen LogP contribution in [0.5, 0.6) is 0 Å². The van der Waals surface area contributed by atoms with Gasteiger partial charge < -0.3 is 4.57 Å². The zero-order chi connectivity index (χ0) is 38.0. The lowest BCUT2D eigenvalue weighted by atomic mass is 9.70. The van der Waals surface area contributed by atoms with Crippen molar-refractivity contribution in [2.24, 2.45) is 0 Å². The molecule has 3 nitrogen and oxygen atoms in total. The lowest BCUT2D eigenvalue weighted by Gasteiger charge is -2.31. The highest BCUT2D eigenvalue weighted by molar-refractivity contribution is 6.27. The van der Waals surface area contributed by atoms with Crippen molar-refractivity contribution in [1.29, 1.82) is 0 Å². The Balaban J connectivity index is 1.14. The molecule has 0 bridgehead atoms. The first-order valence-electron chi connectivity index (χ1n) is 20.0. The van der Waals surface area contributed by atoms with Crippen molar-refractivity contribution >= 4 is 43.5 Å². The molecule has 1 spiro atoms. The summed E-state index contributed by atoms with van der Waals surface area (Å²) in [6.07, 6.45) is 0. The molecule has 0 aliphatic heterocycles. The predicted molar refractivity (Wildman–Crippen MR) is 239 cm³/mol. The van der Waals surface area contributed by atoms with Gasteiger partial charge in [-0.1, -0.05) is 164 Å². The van der Waals surface area contributed by atoms with Crippen LogP contribution in [0.4, 0.5) is 0 Å². The lowest BCUT2D eigenvalue weighted by molar-refractivity contribution is 0.797. The van der Waals surface area contributed by atoms with Crippen molar-refractivity contribution < 1.29 is 0 Å². The van der Waals surface area contributed by atoms with Gasteiger partial charge in [0.15, 0.2) is 5.82 Å². The van der Waals surface area contributed by atoms with E-state index in [0.29, 0.717) is 5.82 Å². The maximum Gasteiger partial charge on any atom is 0.160 e. The van der Waals surface area contributed by atoms with Gasteiger partial charge in [-0.25, -0.2) is 9.97 Å². The molecular formula is C55H33N3. The van der Waals surface area contributed by atoms with Gasteiger partial charge in [-0.3, -0.25) is 0 Å². The number of benzene rings is 9. The van der Waals surface area contributed by atoms with Crippen LogP contribution in [0, 0.1) is 0 Å². The van der Waals surface area contributed by atoms with Crippen molar-refractivity contribution in [2.75, 3.05) is 0 Å². The normalized spacial score (nSPS) is 13.3. The van der Waals surface area contributed by atoms with Crippen LogP contribution < -0.4 is 0 Å². The van der Waals surface area contributed by atoms with E-state index in [4.69, 9.17) is 9.97 Å². The first-order chi connectivity index (χ1) is 28.8. The zero-order valence-corrected chi connectivity index (χ0v) is 31.4. The summed E-state index contributed by atoms with van der Waals surface area (Å²) in [7, 11) is 0. The first-order valence-corrected chi connectivity index (χ1v) is 20.0. The summed E-state index contributed by atoms with van der Waals surface area (Å²) in [5, 5.41) is 6.14. The minimum atomic E-state index is -0.514. The minimum Gasteiger partial charge on any atom is -0.309 e. The van der Waals surface area contributed by atoms with Crippen LogP contribution in [0.15, 0.2) is 200 Å². The molecule has 0 N–H and O–H groups in total. The number of rotatable bonds is 3. The molecule has 0 radical (unpaired) electrons. The zero-order valence-electron chi connectivity index (χ0n) is 31.4. The van der Waals surface area contributed by atoms with Gasteiger partial charge in [0.05, 0.1) is 27.7 Å². The van der Waals surface area contributed by atoms with Gasteiger partial charge >= 0.3 is 0 Å². The predicted octanol–water partition coefficient (Wildman–Crippen LogP) is 13.6. The van der Waals surface area contributed by atoms with Crippen molar-refractivity contribution in [1.82, 2.24) is 14.5 Å². The standard InChI is InChI=1S/C55H33N3/c1-2-16-34(17-3-1)52-42-23-9-14-28-47(42)56-54(57-52)35-30-32-36(33-31-35)58-48-29-15-10-24-43(48)50-40-21-5-4-20-39(40)49-41-22-8-13-27-46(41)55(51(49)53(50)58)44-25-11-6-18-37(44)38-19-7-12-26-45(38)55/h1-33H. The molecule has 2 aliphatic rings. The molecule has 9 aromatic carbocycles. The summed E-state index contributed by atoms with van der Waals surface area (Å²) in [6.45, 7) is 0. The molecule has 0 fully saturated rings. The lowest BCUT2D eigenvalue weighted by Crippen LogP contribution is -2.26. The summed E-state index contributed by atoms with van der Waals surface area (Å²) < 4.78 is 2.54. The van der Waals surface area contributed by atoms with E-state index in [-0.39, 0.29) is 0 Å². The van der Waals surface area contributed by atoms with Gasteiger partial charge in [0.1, 0.15) is 0 Å². The maximum absolute atomic E-state index is 5.21. The van der Waals surface area contributed by atoms with Crippen LogP contribution in [0.25, 0.3) is 94.1 Å². The molecular weight excluding hydrogens is 703 g/mol. The van der Waals surface area contributed by atoms with Crippen LogP contribution in [-0.4, -0.2) is 14.5 Å². The van der Waals surface area contributed by atoms with Crippen LogP contribution in [0.2, 0.25) is 0 Å². The molecule has 0 atom stereocenters. The van der Waals surface area contributed by atoms with Gasteiger partial charge in [0, 0.05) is 38.5 Å². The number of fused-ring (bicyclic) bond motifs is 18. The molecule has 0 amide bonds. The van der Waals surface area contributed by atoms with Crippen LogP contribution >= 0.6 is 0 Å². The highest BCUT2D eigenvalue weighted by Gasteiger charge is 2.53. The number of hydrogen-bond donors (Lipinski definition) is 0. The second-order valence-electron chi connectivity index (χ2n) is 15.6. The van der Waals surface area contributed by atoms with Crippen molar-refractivity contribution in [3.63, 3.8) is 0 Å². The second kappa shape index (κ2) is 11.7. The Kier molecular flexibility index (Phi) is 6.37. The second-order valence-corrected chi connectivity index (χ2v) is 15.6. The molecule has 2 aromatic heterocycles. The number of para-hydroxylation sites is 2. The average Bonchev–Trinajstić information content (AvgIpc) is 3.92. The van der Waals surface area contributed by atoms with E-state index in [1.54, 1.807) is 0 Å². The molecule has 2 heterocycles. The smallest absolute Gasteiger partial charge is 0.160 e. The van der Waals surface area contributed by atoms with Crippen LogP contribution in [0.1, 0.15) is 22.3 Å². The molecule has 0 saturated heterocycles. The Morgan fingerprint density at radius 3 is 1.67 bits per heavy atom. The number of nitrogens with zero attached hydrogens (tertiary/aromatic N) is 3. The summed E-state index contributed by atoms with van der Waals surface area (Å²) in [5.74, 6) is 0.715. The minimum absolute atomic E-state index is 0.514. The molecule has 3 heteroatoms. The van der Waals surface area contributed by atoms with Crippen molar-refractivity contribution in [2.45, 2.75) is 5.41 Å². The third-order valence-corrected chi connectivity index (χ3v) is 12.8. The molecule has 0 saturated carbocycles. The molecule has 268 valence electrons.